The van der Waals surface area contributed by atoms with Crippen molar-refractivity contribution in [2.24, 2.45) is 5.73 Å². The fraction of sp³-hybridized carbons (Fsp3) is 0.286. The maximum atomic E-state index is 11.3. The van der Waals surface area contributed by atoms with Crippen LogP contribution in [0.3, 0.4) is 0 Å². The Labute approximate surface area is 220 Å². The van der Waals surface area contributed by atoms with Crippen LogP contribution in [0.15, 0.2) is 65.8 Å². The summed E-state index contributed by atoms with van der Waals surface area (Å²) < 4.78 is 5.50. The van der Waals surface area contributed by atoms with E-state index in [1.54, 1.807) is 38.4 Å². The van der Waals surface area contributed by atoms with Crippen LogP contribution in [0.1, 0.15) is 73.7 Å². The maximum Gasteiger partial charge on any atom is 0.339 e. The standard InChI is InChI=1S/C21H22N4O2.C7H8N2O2/c22-21(26)17-8-6-15(7-9-17)13-25(14-19-23-11-12-27-19)18-5-1-3-16-4-2-10-24-20(16)18;1-4-6(7(10)11)5(2)9-3-8-4/h2,4,6-12,18H,1,3,5,13-14H2,(H2,22,26);3H,1-2H3,(H,10,11). The van der Waals surface area contributed by atoms with Crippen molar-refractivity contribution in [1.29, 1.82) is 0 Å². The summed E-state index contributed by atoms with van der Waals surface area (Å²) in [5.74, 6) is -0.698. The van der Waals surface area contributed by atoms with Gasteiger partial charge in [-0.25, -0.2) is 19.7 Å². The van der Waals surface area contributed by atoms with Gasteiger partial charge in [-0.05, 0) is 62.4 Å². The Hall–Kier alpha value is -4.44. The quantitative estimate of drug-likeness (QED) is 0.373. The molecule has 3 aromatic heterocycles. The van der Waals surface area contributed by atoms with Crippen LogP contribution in [0.5, 0.6) is 0 Å². The number of aromatic nitrogens is 4. The van der Waals surface area contributed by atoms with Gasteiger partial charge in [0.15, 0.2) is 0 Å². The van der Waals surface area contributed by atoms with Gasteiger partial charge in [0.05, 0.1) is 35.9 Å². The normalized spacial score (nSPS) is 14.3. The van der Waals surface area contributed by atoms with Crippen molar-refractivity contribution in [2.75, 3.05) is 0 Å². The summed E-state index contributed by atoms with van der Waals surface area (Å²) in [6.07, 6.45) is 9.74. The summed E-state index contributed by atoms with van der Waals surface area (Å²) in [5.41, 5.74) is 10.6. The molecule has 0 radical (unpaired) electrons. The lowest BCUT2D eigenvalue weighted by atomic mass is 9.90. The van der Waals surface area contributed by atoms with Crippen molar-refractivity contribution in [3.8, 4) is 0 Å². The first kappa shape index (κ1) is 26.6. The van der Waals surface area contributed by atoms with E-state index in [-0.39, 0.29) is 11.6 Å². The molecule has 1 unspecified atom stereocenters. The zero-order valence-electron chi connectivity index (χ0n) is 21.4. The van der Waals surface area contributed by atoms with Crippen LogP contribution in [-0.4, -0.2) is 41.8 Å². The van der Waals surface area contributed by atoms with E-state index < -0.39 is 11.9 Å². The Morgan fingerprint density at radius 2 is 1.76 bits per heavy atom. The van der Waals surface area contributed by atoms with Crippen LogP contribution in [0.25, 0.3) is 0 Å². The maximum absolute atomic E-state index is 11.3. The summed E-state index contributed by atoms with van der Waals surface area (Å²) in [4.78, 5) is 40.7. The average Bonchev–Trinajstić information content (AvgIpc) is 3.42. The number of oxazole rings is 1. The van der Waals surface area contributed by atoms with Crippen LogP contribution < -0.4 is 5.73 Å². The van der Waals surface area contributed by atoms with E-state index in [0.29, 0.717) is 35.9 Å². The molecule has 0 saturated carbocycles. The van der Waals surface area contributed by atoms with Crippen LogP contribution in [0, 0.1) is 13.8 Å². The van der Waals surface area contributed by atoms with Crippen molar-refractivity contribution in [3.05, 3.63) is 107 Å². The number of benzene rings is 1. The largest absolute Gasteiger partial charge is 0.478 e. The molecule has 5 rings (SSSR count). The minimum Gasteiger partial charge on any atom is -0.478 e. The van der Waals surface area contributed by atoms with Gasteiger partial charge in [-0.1, -0.05) is 18.2 Å². The summed E-state index contributed by atoms with van der Waals surface area (Å²) in [6, 6.07) is 11.8. The first-order valence-electron chi connectivity index (χ1n) is 12.3. The van der Waals surface area contributed by atoms with Gasteiger partial charge in [0, 0.05) is 18.3 Å². The third-order valence-electron chi connectivity index (χ3n) is 6.49. The second kappa shape index (κ2) is 12.2. The molecule has 0 saturated heterocycles. The lowest BCUT2D eigenvalue weighted by Gasteiger charge is -2.34. The van der Waals surface area contributed by atoms with Gasteiger partial charge in [0.2, 0.25) is 11.8 Å². The summed E-state index contributed by atoms with van der Waals surface area (Å²) in [5, 5.41) is 8.67. The van der Waals surface area contributed by atoms with Crippen molar-refractivity contribution < 1.29 is 19.1 Å². The number of carboxylic acid groups (broad SMARTS) is 1. The van der Waals surface area contributed by atoms with E-state index in [9.17, 15) is 9.59 Å². The zero-order chi connectivity index (χ0) is 27.1. The van der Waals surface area contributed by atoms with E-state index in [4.69, 9.17) is 15.3 Å². The number of hydrogen-bond acceptors (Lipinski definition) is 8. The van der Waals surface area contributed by atoms with Gasteiger partial charge >= 0.3 is 5.97 Å². The zero-order valence-corrected chi connectivity index (χ0v) is 21.4. The Morgan fingerprint density at radius 1 is 1.03 bits per heavy atom. The Kier molecular flexibility index (Phi) is 8.55. The Bertz CT molecular complexity index is 1370. The molecular weight excluding hydrogens is 484 g/mol. The Morgan fingerprint density at radius 3 is 2.37 bits per heavy atom. The van der Waals surface area contributed by atoms with E-state index in [1.165, 1.54) is 11.9 Å². The highest BCUT2D eigenvalue weighted by Gasteiger charge is 2.28. The van der Waals surface area contributed by atoms with Gasteiger partial charge in [0.1, 0.15) is 18.2 Å². The van der Waals surface area contributed by atoms with Crippen molar-refractivity contribution in [2.45, 2.75) is 52.2 Å². The van der Waals surface area contributed by atoms with Gasteiger partial charge in [-0.15, -0.1) is 0 Å². The van der Waals surface area contributed by atoms with E-state index in [2.05, 4.69) is 30.9 Å². The number of carbonyl (C=O) groups excluding carboxylic acids is 1. The number of carbonyl (C=O) groups is 2. The molecule has 1 amide bonds. The summed E-state index contributed by atoms with van der Waals surface area (Å²) in [7, 11) is 0. The molecule has 4 aromatic rings. The number of fused-ring (bicyclic) bond motifs is 1. The van der Waals surface area contributed by atoms with E-state index in [0.717, 1.165) is 30.5 Å². The minimum absolute atomic E-state index is 0.201. The molecule has 3 heterocycles. The number of primary amides is 1. The van der Waals surface area contributed by atoms with Crippen molar-refractivity contribution >= 4 is 11.9 Å². The molecule has 3 N–H and O–H groups in total. The molecule has 0 aliphatic heterocycles. The predicted octanol–water partition coefficient (Wildman–Crippen LogP) is 4.04. The third-order valence-corrected chi connectivity index (χ3v) is 6.49. The molecule has 1 aliphatic carbocycles. The summed E-state index contributed by atoms with van der Waals surface area (Å²) in [6.45, 7) is 4.61. The molecule has 196 valence electrons. The molecule has 1 aromatic carbocycles. The lowest BCUT2D eigenvalue weighted by molar-refractivity contribution is 0.0694. The fourth-order valence-electron chi connectivity index (χ4n) is 4.63. The van der Waals surface area contributed by atoms with Crippen LogP contribution >= 0.6 is 0 Å². The summed E-state index contributed by atoms with van der Waals surface area (Å²) >= 11 is 0. The first-order chi connectivity index (χ1) is 18.3. The molecule has 1 aliphatic rings. The van der Waals surface area contributed by atoms with Crippen LogP contribution in [0.2, 0.25) is 0 Å². The van der Waals surface area contributed by atoms with E-state index in [1.807, 2.05) is 24.4 Å². The number of rotatable bonds is 7. The first-order valence-corrected chi connectivity index (χ1v) is 12.3. The minimum atomic E-state index is -0.972. The van der Waals surface area contributed by atoms with Gasteiger partial charge in [-0.3, -0.25) is 14.7 Å². The van der Waals surface area contributed by atoms with Gasteiger partial charge in [0.25, 0.3) is 0 Å². The van der Waals surface area contributed by atoms with Crippen molar-refractivity contribution in [3.63, 3.8) is 0 Å². The smallest absolute Gasteiger partial charge is 0.339 e. The topological polar surface area (TPSA) is 148 Å². The number of hydrogen-bond donors (Lipinski definition) is 2. The molecule has 10 nitrogen and oxygen atoms in total. The second-order valence-electron chi connectivity index (χ2n) is 9.07. The third kappa shape index (κ3) is 6.46. The van der Waals surface area contributed by atoms with Crippen LogP contribution in [0.4, 0.5) is 0 Å². The SMILES string of the molecule is Cc1ncnc(C)c1C(=O)O.NC(=O)c1ccc(CN(Cc2ncco2)C2CCCc3cccnc32)cc1. The van der Waals surface area contributed by atoms with Gasteiger partial charge < -0.3 is 15.3 Å². The lowest BCUT2D eigenvalue weighted by Crippen LogP contribution is -2.31. The second-order valence-corrected chi connectivity index (χ2v) is 9.07. The monoisotopic (exact) mass is 514 g/mol. The molecular formula is C28H30N6O4. The number of aryl methyl sites for hydroxylation is 3. The molecule has 0 bridgehead atoms. The highest BCUT2D eigenvalue weighted by atomic mass is 16.4. The number of aromatic carboxylic acids is 1. The number of nitrogens with two attached hydrogens (primary N) is 1. The van der Waals surface area contributed by atoms with Crippen LogP contribution in [-0.2, 0) is 19.5 Å². The molecule has 0 spiro atoms. The van der Waals surface area contributed by atoms with Crippen molar-refractivity contribution in [1.82, 2.24) is 24.8 Å². The molecule has 1 atom stereocenters. The number of pyridine rings is 1. The molecule has 38 heavy (non-hydrogen) atoms. The highest BCUT2D eigenvalue weighted by Crippen LogP contribution is 2.34. The van der Waals surface area contributed by atoms with E-state index >= 15 is 0 Å². The predicted molar refractivity (Wildman–Crippen MR) is 139 cm³/mol. The molecule has 10 heteroatoms. The fourth-order valence-corrected chi connectivity index (χ4v) is 4.63. The molecule has 0 fully saturated rings. The highest BCUT2D eigenvalue weighted by molar-refractivity contribution is 5.92. The number of nitrogens with zero attached hydrogens (tertiary/aromatic N) is 5. The number of carboxylic acids is 1. The Balaban J connectivity index is 0.000000257. The average molecular weight is 515 g/mol. The van der Waals surface area contributed by atoms with Gasteiger partial charge in [-0.2, -0.15) is 0 Å². The number of amides is 1.